The number of rotatable bonds is 6. The summed E-state index contributed by atoms with van der Waals surface area (Å²) in [5, 5.41) is 7.23. The summed E-state index contributed by atoms with van der Waals surface area (Å²) in [6, 6.07) is 22.3. The van der Waals surface area contributed by atoms with Crippen LogP contribution in [-0.2, 0) is 4.79 Å². The van der Waals surface area contributed by atoms with Crippen LogP contribution in [-0.4, -0.2) is 20.6 Å². The number of hydrogen-bond acceptors (Lipinski definition) is 3. The molecule has 2 aromatic carbocycles. The predicted octanol–water partition coefficient (Wildman–Crippen LogP) is 6.63. The third kappa shape index (κ3) is 4.47. The monoisotopic (exact) mass is 523 g/mol. The Morgan fingerprint density at radius 1 is 0.974 bits per heavy atom. The van der Waals surface area contributed by atoms with Crippen molar-refractivity contribution in [3.05, 3.63) is 107 Å². The van der Waals surface area contributed by atoms with Gasteiger partial charge in [0.1, 0.15) is 0 Å². The summed E-state index contributed by atoms with van der Waals surface area (Å²) in [5.41, 5.74) is 9.70. The van der Waals surface area contributed by atoms with Crippen LogP contribution in [0.2, 0.25) is 0 Å². The van der Waals surface area contributed by atoms with Crippen molar-refractivity contribution < 1.29 is 4.79 Å². The fourth-order valence-electron chi connectivity index (χ4n) is 5.51. The molecule has 0 radical (unpaired) electrons. The molecule has 1 aliphatic rings. The molecule has 3 heterocycles. The van der Waals surface area contributed by atoms with Crippen LogP contribution in [0.4, 0.5) is 11.4 Å². The van der Waals surface area contributed by atoms with E-state index in [0.717, 1.165) is 28.3 Å². The Labute approximate surface area is 229 Å². The zero-order chi connectivity index (χ0) is 27.0. The van der Waals surface area contributed by atoms with E-state index < -0.39 is 0 Å². The van der Waals surface area contributed by atoms with Gasteiger partial charge < -0.3 is 20.1 Å². The average molecular weight is 524 g/mol. The van der Waals surface area contributed by atoms with Crippen molar-refractivity contribution in [2.24, 2.45) is 0 Å². The number of carbonyl (C=O) groups is 1. The molecule has 38 heavy (non-hydrogen) atoms. The van der Waals surface area contributed by atoms with Gasteiger partial charge in [-0.15, -0.1) is 0 Å². The lowest BCUT2D eigenvalue weighted by atomic mass is 9.93. The summed E-state index contributed by atoms with van der Waals surface area (Å²) in [4.78, 5) is 19.0. The summed E-state index contributed by atoms with van der Waals surface area (Å²) in [7, 11) is 0. The first-order chi connectivity index (χ1) is 18.3. The topological polar surface area (TPSA) is 62.2 Å². The molecular formula is C31H33N5OS. The lowest BCUT2D eigenvalue weighted by Crippen LogP contribution is -2.30. The fraction of sp³-hybridized carbons (Fsp3) is 0.258. The Morgan fingerprint density at radius 3 is 2.37 bits per heavy atom. The van der Waals surface area contributed by atoms with Crippen LogP contribution >= 0.6 is 12.2 Å². The van der Waals surface area contributed by atoms with Gasteiger partial charge >= 0.3 is 0 Å². The molecule has 0 spiro atoms. The van der Waals surface area contributed by atoms with Crippen LogP contribution in [0, 0.1) is 27.7 Å². The van der Waals surface area contributed by atoms with E-state index in [1.165, 1.54) is 22.5 Å². The Balaban J connectivity index is 1.67. The molecule has 1 aliphatic heterocycles. The molecule has 5 rings (SSSR count). The summed E-state index contributed by atoms with van der Waals surface area (Å²) < 4.78 is 2.33. The summed E-state index contributed by atoms with van der Waals surface area (Å²) in [6.07, 6.45) is 2.26. The molecular weight excluding hydrogens is 490 g/mol. The van der Waals surface area contributed by atoms with Gasteiger partial charge in [-0.2, -0.15) is 0 Å². The Morgan fingerprint density at radius 2 is 1.71 bits per heavy atom. The van der Waals surface area contributed by atoms with Crippen molar-refractivity contribution in [2.45, 2.75) is 53.1 Å². The van der Waals surface area contributed by atoms with Crippen LogP contribution in [0.25, 0.3) is 5.69 Å². The highest BCUT2D eigenvalue weighted by Gasteiger charge is 2.43. The SMILES string of the molecule is CCC(=O)Nc1ccc(N2C(=S)N[C@H](c3ccccn3)[C@H]2c2c(C)c(C)n(-c3ccccc3)c2C)cc1C. The van der Waals surface area contributed by atoms with Crippen LogP contribution in [0.1, 0.15) is 59.2 Å². The number of nitrogens with one attached hydrogen (secondary N) is 2. The highest BCUT2D eigenvalue weighted by molar-refractivity contribution is 7.80. The number of amides is 1. The summed E-state index contributed by atoms with van der Waals surface area (Å²) in [6.45, 7) is 10.4. The molecule has 1 saturated heterocycles. The molecule has 194 valence electrons. The van der Waals surface area contributed by atoms with Gasteiger partial charge in [0.15, 0.2) is 5.11 Å². The van der Waals surface area contributed by atoms with E-state index in [4.69, 9.17) is 17.2 Å². The molecule has 6 nitrogen and oxygen atoms in total. The number of para-hydroxylation sites is 1. The number of benzene rings is 2. The fourth-order valence-corrected chi connectivity index (χ4v) is 5.85. The largest absolute Gasteiger partial charge is 0.351 e. The molecule has 2 N–H and O–H groups in total. The standard InChI is InChI=1S/C31H33N5OS/c1-6-27(37)33-25-16-15-24(18-19(25)2)36-30(29(34-31(36)38)26-14-10-11-17-32-26)28-20(3)21(4)35(22(28)5)23-12-8-7-9-13-23/h7-18,29-30H,6H2,1-5H3,(H,33,37)(H,34,38)/t29-,30-/m1/s1. The van der Waals surface area contributed by atoms with Gasteiger partial charge in [0.2, 0.25) is 5.91 Å². The molecule has 7 heteroatoms. The first kappa shape index (κ1) is 25.7. The third-order valence-corrected chi connectivity index (χ3v) is 7.81. The minimum atomic E-state index is -0.132. The summed E-state index contributed by atoms with van der Waals surface area (Å²) in [5.74, 6) is -0.00345. The minimum Gasteiger partial charge on any atom is -0.351 e. The number of anilines is 2. The Bertz CT molecular complexity index is 1500. The molecule has 1 amide bonds. The zero-order valence-corrected chi connectivity index (χ0v) is 23.3. The second kappa shape index (κ2) is 10.4. The lowest BCUT2D eigenvalue weighted by Gasteiger charge is -2.29. The molecule has 4 aromatic rings. The maximum Gasteiger partial charge on any atom is 0.224 e. The molecule has 0 bridgehead atoms. The van der Waals surface area contributed by atoms with Gasteiger partial charge in [-0.3, -0.25) is 9.78 Å². The smallest absolute Gasteiger partial charge is 0.224 e. The van der Waals surface area contributed by atoms with Gasteiger partial charge in [0.25, 0.3) is 0 Å². The zero-order valence-electron chi connectivity index (χ0n) is 22.4. The maximum atomic E-state index is 12.0. The van der Waals surface area contributed by atoms with E-state index >= 15 is 0 Å². The Hall–Kier alpha value is -3.97. The van der Waals surface area contributed by atoms with Crippen molar-refractivity contribution in [2.75, 3.05) is 10.2 Å². The van der Waals surface area contributed by atoms with Crippen LogP contribution in [0.15, 0.2) is 72.9 Å². The van der Waals surface area contributed by atoms with Crippen LogP contribution in [0.5, 0.6) is 0 Å². The van der Waals surface area contributed by atoms with E-state index in [1.54, 1.807) is 0 Å². The number of pyridine rings is 1. The second-order valence-corrected chi connectivity index (χ2v) is 10.2. The van der Waals surface area contributed by atoms with Gasteiger partial charge in [-0.25, -0.2) is 0 Å². The van der Waals surface area contributed by atoms with Crippen molar-refractivity contribution in [1.82, 2.24) is 14.9 Å². The molecule has 0 saturated carbocycles. The second-order valence-electron chi connectivity index (χ2n) is 9.78. The number of aromatic nitrogens is 2. The van der Waals surface area contributed by atoms with Crippen molar-refractivity contribution >= 4 is 34.6 Å². The van der Waals surface area contributed by atoms with Crippen molar-refractivity contribution in [3.63, 3.8) is 0 Å². The molecule has 0 aliphatic carbocycles. The van der Waals surface area contributed by atoms with E-state index in [1.807, 2.05) is 50.4 Å². The minimum absolute atomic E-state index is 0.00345. The highest BCUT2D eigenvalue weighted by Crippen LogP contribution is 2.45. The third-order valence-electron chi connectivity index (χ3n) is 7.50. The van der Waals surface area contributed by atoms with Gasteiger partial charge in [-0.05, 0) is 93.5 Å². The first-order valence-electron chi connectivity index (χ1n) is 13.0. The van der Waals surface area contributed by atoms with Crippen molar-refractivity contribution in [1.29, 1.82) is 0 Å². The highest BCUT2D eigenvalue weighted by atomic mass is 32.1. The van der Waals surface area contributed by atoms with E-state index in [0.29, 0.717) is 11.5 Å². The molecule has 1 fully saturated rings. The first-order valence-corrected chi connectivity index (χ1v) is 13.4. The number of thiocarbonyl (C=S) groups is 1. The molecule has 2 aromatic heterocycles. The predicted molar refractivity (Wildman–Crippen MR) is 158 cm³/mol. The van der Waals surface area contributed by atoms with E-state index in [9.17, 15) is 4.79 Å². The number of nitrogens with zero attached hydrogens (tertiary/aromatic N) is 3. The molecule has 2 atom stereocenters. The number of aryl methyl sites for hydroxylation is 1. The number of hydrogen-bond donors (Lipinski definition) is 2. The number of carbonyl (C=O) groups excluding carboxylic acids is 1. The average Bonchev–Trinajstić information content (AvgIpc) is 3.37. The molecule has 0 unspecified atom stereocenters. The lowest BCUT2D eigenvalue weighted by molar-refractivity contribution is -0.115. The van der Waals surface area contributed by atoms with Crippen LogP contribution < -0.4 is 15.5 Å². The van der Waals surface area contributed by atoms with Crippen LogP contribution in [0.3, 0.4) is 0 Å². The van der Waals surface area contributed by atoms with E-state index in [2.05, 4.69) is 77.3 Å². The van der Waals surface area contributed by atoms with Gasteiger partial charge in [0.05, 0.1) is 17.8 Å². The van der Waals surface area contributed by atoms with Gasteiger partial charge in [-0.1, -0.05) is 31.2 Å². The quantitative estimate of drug-likeness (QED) is 0.278. The van der Waals surface area contributed by atoms with Gasteiger partial charge in [0, 0.05) is 46.6 Å². The van der Waals surface area contributed by atoms with E-state index in [-0.39, 0.29) is 18.0 Å². The normalized spacial score (nSPS) is 17.0. The summed E-state index contributed by atoms with van der Waals surface area (Å²) >= 11 is 5.97. The van der Waals surface area contributed by atoms with Crippen molar-refractivity contribution in [3.8, 4) is 5.69 Å². The Kier molecular flexibility index (Phi) is 7.04. The maximum absolute atomic E-state index is 12.0.